The first-order chi connectivity index (χ1) is 11.1. The number of fused-ring (bicyclic) bond motifs is 3. The second-order valence-corrected chi connectivity index (χ2v) is 5.65. The predicted octanol–water partition coefficient (Wildman–Crippen LogP) is 3.04. The summed E-state index contributed by atoms with van der Waals surface area (Å²) in [6.45, 7) is 3.29. The fourth-order valence-corrected chi connectivity index (χ4v) is 2.94. The summed E-state index contributed by atoms with van der Waals surface area (Å²) in [4.78, 5) is 23.4. The number of rotatable bonds is 5. The van der Waals surface area contributed by atoms with E-state index >= 15 is 0 Å². The lowest BCUT2D eigenvalue weighted by Crippen LogP contribution is -2.15. The van der Waals surface area contributed by atoms with Crippen LogP contribution in [0, 0.1) is 0 Å². The zero-order chi connectivity index (χ0) is 16.4. The van der Waals surface area contributed by atoms with Crippen LogP contribution >= 0.6 is 11.6 Å². The molecular formula is C17H15ClO5. The van der Waals surface area contributed by atoms with Crippen LogP contribution in [0.2, 0.25) is 5.02 Å². The molecule has 1 heterocycles. The maximum absolute atomic E-state index is 12.0. The topological polar surface area (TPSA) is 65.7 Å². The van der Waals surface area contributed by atoms with Crippen molar-refractivity contribution in [3.63, 3.8) is 0 Å². The Hall–Kier alpha value is -2.27. The standard InChI is InChI=1S/C17H15ClO5/c1-2-6-21-16(19)9-22-15-8-14-12(7-13(15)18)10-4-3-5-11(10)17(20)23-14/h2,7-8H,1,3-6,9H2. The molecule has 1 aliphatic rings. The summed E-state index contributed by atoms with van der Waals surface area (Å²) in [7, 11) is 0. The van der Waals surface area contributed by atoms with Crippen LogP contribution in [0.1, 0.15) is 17.5 Å². The third kappa shape index (κ3) is 3.10. The van der Waals surface area contributed by atoms with Crippen LogP contribution in [-0.2, 0) is 22.4 Å². The number of hydrogen-bond acceptors (Lipinski definition) is 5. The molecular weight excluding hydrogens is 320 g/mol. The van der Waals surface area contributed by atoms with Gasteiger partial charge in [0.25, 0.3) is 0 Å². The summed E-state index contributed by atoms with van der Waals surface area (Å²) in [5.41, 5.74) is 1.82. The van der Waals surface area contributed by atoms with Gasteiger partial charge >= 0.3 is 11.6 Å². The van der Waals surface area contributed by atoms with Crippen molar-refractivity contribution in [2.24, 2.45) is 0 Å². The van der Waals surface area contributed by atoms with E-state index in [9.17, 15) is 9.59 Å². The van der Waals surface area contributed by atoms with Crippen molar-refractivity contribution in [1.29, 1.82) is 0 Å². The monoisotopic (exact) mass is 334 g/mol. The lowest BCUT2D eigenvalue weighted by Gasteiger charge is -2.10. The fourth-order valence-electron chi connectivity index (χ4n) is 2.72. The molecule has 0 bridgehead atoms. The molecule has 0 radical (unpaired) electrons. The highest BCUT2D eigenvalue weighted by atomic mass is 35.5. The molecule has 0 spiro atoms. The molecule has 0 N–H and O–H groups in total. The molecule has 0 atom stereocenters. The Bertz CT molecular complexity index is 837. The molecule has 5 nitrogen and oxygen atoms in total. The van der Waals surface area contributed by atoms with Gasteiger partial charge in [0, 0.05) is 17.0 Å². The molecule has 0 saturated carbocycles. The fraction of sp³-hybridized carbons (Fsp3) is 0.294. The maximum atomic E-state index is 12.0. The van der Waals surface area contributed by atoms with E-state index in [2.05, 4.69) is 6.58 Å². The predicted molar refractivity (Wildman–Crippen MR) is 86.2 cm³/mol. The Morgan fingerprint density at radius 3 is 2.91 bits per heavy atom. The number of carbonyl (C=O) groups excluding carboxylic acids is 1. The molecule has 2 aromatic rings. The molecule has 1 aromatic heterocycles. The van der Waals surface area contributed by atoms with Gasteiger partial charge in [-0.25, -0.2) is 9.59 Å². The maximum Gasteiger partial charge on any atom is 0.344 e. The first kappa shape index (κ1) is 15.6. The van der Waals surface area contributed by atoms with Crippen LogP contribution in [0.25, 0.3) is 11.0 Å². The first-order valence-electron chi connectivity index (χ1n) is 7.27. The van der Waals surface area contributed by atoms with Crippen LogP contribution in [0.3, 0.4) is 0 Å². The van der Waals surface area contributed by atoms with Gasteiger partial charge in [0.2, 0.25) is 0 Å². The number of halogens is 1. The molecule has 1 aromatic carbocycles. The van der Waals surface area contributed by atoms with Crippen molar-refractivity contribution in [2.75, 3.05) is 13.2 Å². The largest absolute Gasteiger partial charge is 0.480 e. The van der Waals surface area contributed by atoms with Crippen molar-refractivity contribution in [2.45, 2.75) is 19.3 Å². The number of aryl methyl sites for hydroxylation is 1. The second-order valence-electron chi connectivity index (χ2n) is 5.24. The number of carbonyl (C=O) groups is 1. The van der Waals surface area contributed by atoms with Gasteiger partial charge < -0.3 is 13.9 Å². The Morgan fingerprint density at radius 2 is 2.13 bits per heavy atom. The summed E-state index contributed by atoms with van der Waals surface area (Å²) in [5.74, 6) is -0.257. The zero-order valence-electron chi connectivity index (χ0n) is 12.4. The minimum Gasteiger partial charge on any atom is -0.480 e. The second kappa shape index (κ2) is 6.46. The highest BCUT2D eigenvalue weighted by molar-refractivity contribution is 6.32. The van der Waals surface area contributed by atoms with Gasteiger partial charge in [-0.2, -0.15) is 0 Å². The minimum absolute atomic E-state index is 0.120. The quantitative estimate of drug-likeness (QED) is 0.477. The van der Waals surface area contributed by atoms with Crippen LogP contribution in [0.15, 0.2) is 34.0 Å². The summed E-state index contributed by atoms with van der Waals surface area (Å²) in [5, 5.41) is 1.18. The summed E-state index contributed by atoms with van der Waals surface area (Å²) in [6, 6.07) is 3.26. The van der Waals surface area contributed by atoms with Crippen molar-refractivity contribution < 1.29 is 18.7 Å². The van der Waals surface area contributed by atoms with Gasteiger partial charge in [0.15, 0.2) is 6.61 Å². The molecule has 0 aliphatic heterocycles. The van der Waals surface area contributed by atoms with E-state index < -0.39 is 5.97 Å². The van der Waals surface area contributed by atoms with E-state index in [0.717, 1.165) is 35.8 Å². The number of ether oxygens (including phenoxy) is 2. The van der Waals surface area contributed by atoms with E-state index in [1.807, 2.05) is 0 Å². The zero-order valence-corrected chi connectivity index (χ0v) is 13.1. The Balaban J connectivity index is 1.90. The van der Waals surface area contributed by atoms with E-state index in [0.29, 0.717) is 10.6 Å². The molecule has 23 heavy (non-hydrogen) atoms. The Labute approximate surface area is 137 Å². The molecule has 120 valence electrons. The van der Waals surface area contributed by atoms with Crippen LogP contribution in [-0.4, -0.2) is 19.2 Å². The van der Waals surface area contributed by atoms with Crippen LogP contribution in [0.5, 0.6) is 5.75 Å². The molecule has 0 saturated heterocycles. The number of esters is 1. The van der Waals surface area contributed by atoms with Gasteiger partial charge in [-0.3, -0.25) is 0 Å². The van der Waals surface area contributed by atoms with Crippen LogP contribution < -0.4 is 10.4 Å². The smallest absolute Gasteiger partial charge is 0.344 e. The summed E-state index contributed by atoms with van der Waals surface area (Å²) in [6.07, 6.45) is 3.97. The first-order valence-corrected chi connectivity index (χ1v) is 7.65. The SMILES string of the molecule is C=CCOC(=O)COc1cc2oc(=O)c3c(c2cc1Cl)CCC3. The van der Waals surface area contributed by atoms with Gasteiger partial charge in [0.1, 0.15) is 17.9 Å². The van der Waals surface area contributed by atoms with Gasteiger partial charge in [-0.05, 0) is 30.9 Å². The summed E-state index contributed by atoms with van der Waals surface area (Å²) >= 11 is 6.22. The van der Waals surface area contributed by atoms with Crippen molar-refractivity contribution in [1.82, 2.24) is 0 Å². The molecule has 0 amide bonds. The summed E-state index contributed by atoms with van der Waals surface area (Å²) < 4.78 is 15.5. The van der Waals surface area contributed by atoms with E-state index in [-0.39, 0.29) is 24.6 Å². The Morgan fingerprint density at radius 1 is 1.35 bits per heavy atom. The lowest BCUT2D eigenvalue weighted by molar-refractivity contribution is -0.144. The molecule has 0 unspecified atom stereocenters. The lowest BCUT2D eigenvalue weighted by atomic mass is 10.1. The minimum atomic E-state index is -0.531. The average molecular weight is 335 g/mol. The van der Waals surface area contributed by atoms with Gasteiger partial charge in [-0.15, -0.1) is 0 Å². The third-order valence-corrected chi connectivity index (χ3v) is 4.03. The third-order valence-electron chi connectivity index (χ3n) is 3.73. The van der Waals surface area contributed by atoms with Crippen molar-refractivity contribution in [3.8, 4) is 5.75 Å². The van der Waals surface area contributed by atoms with E-state index in [1.54, 1.807) is 12.1 Å². The van der Waals surface area contributed by atoms with Crippen molar-refractivity contribution >= 4 is 28.5 Å². The number of benzene rings is 1. The highest BCUT2D eigenvalue weighted by Gasteiger charge is 2.21. The van der Waals surface area contributed by atoms with E-state index in [4.69, 9.17) is 25.5 Å². The molecule has 3 rings (SSSR count). The average Bonchev–Trinajstić information content (AvgIpc) is 3.02. The van der Waals surface area contributed by atoms with Crippen molar-refractivity contribution in [3.05, 3.63) is 51.4 Å². The molecule has 1 aliphatic carbocycles. The Kier molecular flexibility index (Phi) is 4.39. The normalized spacial score (nSPS) is 12.9. The van der Waals surface area contributed by atoms with E-state index in [1.165, 1.54) is 6.08 Å². The van der Waals surface area contributed by atoms with Gasteiger partial charge in [-0.1, -0.05) is 24.3 Å². The molecule has 6 heteroatoms. The molecule has 0 fully saturated rings. The van der Waals surface area contributed by atoms with Gasteiger partial charge in [0.05, 0.1) is 5.02 Å². The van der Waals surface area contributed by atoms with Crippen LogP contribution in [0.4, 0.5) is 0 Å². The highest BCUT2D eigenvalue weighted by Crippen LogP contribution is 2.34. The number of hydrogen-bond donors (Lipinski definition) is 0.